The molecule has 0 amide bonds. The first-order valence-corrected chi connectivity index (χ1v) is 5.20. The molecule has 0 atom stereocenters. The summed E-state index contributed by atoms with van der Waals surface area (Å²) < 4.78 is 10.4. The summed E-state index contributed by atoms with van der Waals surface area (Å²) in [5.74, 6) is -0.214. The number of aldehydes is 1. The van der Waals surface area contributed by atoms with E-state index in [1.807, 2.05) is 20.8 Å². The molecule has 0 aliphatic heterocycles. The third kappa shape index (κ3) is 4.00. The Morgan fingerprint density at radius 2 is 2.00 bits per heavy atom. The van der Waals surface area contributed by atoms with E-state index < -0.39 is 5.60 Å². The lowest BCUT2D eigenvalue weighted by atomic mass is 9.82. The largest absolute Gasteiger partial charge is 0.460 e. The van der Waals surface area contributed by atoms with Gasteiger partial charge in [0.2, 0.25) is 0 Å². The molecule has 1 aliphatic rings. The molecular formula is C11H18O4. The Balaban J connectivity index is 2.21. The predicted octanol–water partition coefficient (Wildman–Crippen LogP) is 1.32. The van der Waals surface area contributed by atoms with Gasteiger partial charge in [0.15, 0.2) is 0 Å². The molecule has 0 bridgehead atoms. The minimum atomic E-state index is -0.425. The number of ether oxygens (including phenoxy) is 2. The van der Waals surface area contributed by atoms with Crippen molar-refractivity contribution in [3.63, 3.8) is 0 Å². The Hall–Kier alpha value is -0.900. The van der Waals surface area contributed by atoms with Gasteiger partial charge in [-0.05, 0) is 33.6 Å². The summed E-state index contributed by atoms with van der Waals surface area (Å²) in [5.41, 5.74) is -0.425. The number of esters is 1. The fourth-order valence-electron chi connectivity index (χ4n) is 1.45. The Labute approximate surface area is 89.9 Å². The van der Waals surface area contributed by atoms with Gasteiger partial charge in [0.05, 0.1) is 12.0 Å². The second-order valence-corrected chi connectivity index (χ2v) is 4.82. The summed E-state index contributed by atoms with van der Waals surface area (Å²) in [6.45, 7) is 5.67. The molecule has 1 saturated carbocycles. The fourth-order valence-corrected chi connectivity index (χ4v) is 1.45. The molecule has 0 aromatic heterocycles. The molecule has 0 spiro atoms. The van der Waals surface area contributed by atoms with Crippen LogP contribution >= 0.6 is 0 Å². The van der Waals surface area contributed by atoms with E-state index in [4.69, 9.17) is 9.47 Å². The van der Waals surface area contributed by atoms with Crippen molar-refractivity contribution in [3.05, 3.63) is 0 Å². The van der Waals surface area contributed by atoms with Gasteiger partial charge in [-0.2, -0.15) is 0 Å². The van der Waals surface area contributed by atoms with E-state index in [-0.39, 0.29) is 24.6 Å². The van der Waals surface area contributed by atoms with Crippen molar-refractivity contribution in [1.29, 1.82) is 0 Å². The van der Waals surface area contributed by atoms with Crippen LogP contribution in [0.15, 0.2) is 0 Å². The summed E-state index contributed by atoms with van der Waals surface area (Å²) in [6, 6.07) is 0. The van der Waals surface area contributed by atoms with Crippen molar-refractivity contribution >= 4 is 12.3 Å². The van der Waals surface area contributed by atoms with Gasteiger partial charge in [-0.25, -0.2) is 0 Å². The van der Waals surface area contributed by atoms with Crippen molar-refractivity contribution in [1.82, 2.24) is 0 Å². The van der Waals surface area contributed by atoms with Gasteiger partial charge in [-0.15, -0.1) is 0 Å². The zero-order valence-corrected chi connectivity index (χ0v) is 9.49. The first-order valence-electron chi connectivity index (χ1n) is 5.20. The molecule has 86 valence electrons. The van der Waals surface area contributed by atoms with Crippen LogP contribution in [0.1, 0.15) is 33.6 Å². The zero-order chi connectivity index (χ0) is 11.5. The highest BCUT2D eigenvalue weighted by atomic mass is 16.6. The molecule has 1 aliphatic carbocycles. The van der Waals surface area contributed by atoms with E-state index in [9.17, 15) is 9.59 Å². The van der Waals surface area contributed by atoms with Gasteiger partial charge in [-0.3, -0.25) is 4.79 Å². The lowest BCUT2D eigenvalue weighted by molar-refractivity contribution is -0.169. The number of carbonyl (C=O) groups excluding carboxylic acids is 2. The van der Waals surface area contributed by atoms with Gasteiger partial charge in [0.25, 0.3) is 0 Å². The second-order valence-electron chi connectivity index (χ2n) is 4.82. The summed E-state index contributed by atoms with van der Waals surface area (Å²) in [5, 5.41) is 0. The van der Waals surface area contributed by atoms with Crippen LogP contribution in [0.2, 0.25) is 0 Å². The lowest BCUT2D eigenvalue weighted by Gasteiger charge is -2.34. The van der Waals surface area contributed by atoms with Crippen molar-refractivity contribution in [3.8, 4) is 0 Å². The molecule has 4 heteroatoms. The summed E-state index contributed by atoms with van der Waals surface area (Å²) in [6.07, 6.45) is 2.11. The van der Waals surface area contributed by atoms with Crippen LogP contribution in [0.3, 0.4) is 0 Å². The number of hydrogen-bond acceptors (Lipinski definition) is 4. The third-order valence-electron chi connectivity index (χ3n) is 2.23. The highest BCUT2D eigenvalue weighted by molar-refractivity contribution is 5.74. The maximum atomic E-state index is 11.5. The van der Waals surface area contributed by atoms with Gasteiger partial charge in [-0.1, -0.05) is 0 Å². The van der Waals surface area contributed by atoms with Crippen molar-refractivity contribution in [2.75, 3.05) is 6.61 Å². The molecule has 1 rings (SSSR count). The number of rotatable bonds is 4. The quantitative estimate of drug-likeness (QED) is 0.523. The standard InChI is InChI=1S/C11H18O4/c1-11(2,3)15-10(13)8-6-9(7-8)14-5-4-12/h4,8-9H,5-7H2,1-3H3/t8-,9+. The smallest absolute Gasteiger partial charge is 0.309 e. The van der Waals surface area contributed by atoms with Crippen molar-refractivity contribution in [2.24, 2.45) is 5.92 Å². The molecule has 1 fully saturated rings. The van der Waals surface area contributed by atoms with Crippen LogP contribution in [0.4, 0.5) is 0 Å². The SMILES string of the molecule is CC(C)(C)OC(=O)[C@H]1C[C@@H](OCC=O)C1. The average Bonchev–Trinajstić information content (AvgIpc) is 1.98. The van der Waals surface area contributed by atoms with Gasteiger partial charge in [0, 0.05) is 0 Å². The monoisotopic (exact) mass is 214 g/mol. The van der Waals surface area contributed by atoms with Crippen LogP contribution in [0.25, 0.3) is 0 Å². The van der Waals surface area contributed by atoms with Crippen molar-refractivity contribution in [2.45, 2.75) is 45.3 Å². The van der Waals surface area contributed by atoms with E-state index in [1.165, 1.54) is 0 Å². The predicted molar refractivity (Wildman–Crippen MR) is 54.4 cm³/mol. The van der Waals surface area contributed by atoms with Gasteiger partial charge >= 0.3 is 5.97 Å². The molecule has 0 aromatic rings. The van der Waals surface area contributed by atoms with E-state index in [1.54, 1.807) is 0 Å². The van der Waals surface area contributed by atoms with Crippen LogP contribution < -0.4 is 0 Å². The van der Waals surface area contributed by atoms with Crippen LogP contribution in [-0.4, -0.2) is 30.6 Å². The molecule has 0 heterocycles. The van der Waals surface area contributed by atoms with E-state index in [2.05, 4.69) is 0 Å². The molecule has 0 aromatic carbocycles. The Kier molecular flexibility index (Phi) is 3.85. The fraction of sp³-hybridized carbons (Fsp3) is 0.818. The molecule has 15 heavy (non-hydrogen) atoms. The highest BCUT2D eigenvalue weighted by Gasteiger charge is 2.37. The zero-order valence-electron chi connectivity index (χ0n) is 9.49. The Morgan fingerprint density at radius 1 is 1.40 bits per heavy atom. The van der Waals surface area contributed by atoms with E-state index in [0.29, 0.717) is 12.8 Å². The lowest BCUT2D eigenvalue weighted by Crippen LogP contribution is -2.40. The highest BCUT2D eigenvalue weighted by Crippen LogP contribution is 2.32. The Morgan fingerprint density at radius 3 is 2.47 bits per heavy atom. The third-order valence-corrected chi connectivity index (χ3v) is 2.23. The molecule has 0 saturated heterocycles. The van der Waals surface area contributed by atoms with Crippen LogP contribution in [-0.2, 0) is 19.1 Å². The second kappa shape index (κ2) is 4.75. The topological polar surface area (TPSA) is 52.6 Å². The van der Waals surface area contributed by atoms with E-state index >= 15 is 0 Å². The number of hydrogen-bond donors (Lipinski definition) is 0. The minimum absolute atomic E-state index is 0.0488. The normalized spacial score (nSPS) is 25.5. The minimum Gasteiger partial charge on any atom is -0.460 e. The first kappa shape index (κ1) is 12.2. The summed E-state index contributed by atoms with van der Waals surface area (Å²) >= 11 is 0. The van der Waals surface area contributed by atoms with Gasteiger partial charge in [0.1, 0.15) is 18.5 Å². The van der Waals surface area contributed by atoms with E-state index in [0.717, 1.165) is 6.29 Å². The maximum absolute atomic E-state index is 11.5. The summed E-state index contributed by atoms with van der Waals surface area (Å²) in [4.78, 5) is 21.5. The molecular weight excluding hydrogens is 196 g/mol. The molecule has 0 N–H and O–H groups in total. The maximum Gasteiger partial charge on any atom is 0.309 e. The van der Waals surface area contributed by atoms with Crippen LogP contribution in [0, 0.1) is 5.92 Å². The Bertz CT molecular complexity index is 235. The van der Waals surface area contributed by atoms with Crippen LogP contribution in [0.5, 0.6) is 0 Å². The molecule has 0 unspecified atom stereocenters. The van der Waals surface area contributed by atoms with Gasteiger partial charge < -0.3 is 14.3 Å². The average molecular weight is 214 g/mol. The van der Waals surface area contributed by atoms with Crippen molar-refractivity contribution < 1.29 is 19.1 Å². The summed E-state index contributed by atoms with van der Waals surface area (Å²) in [7, 11) is 0. The molecule has 0 radical (unpaired) electrons. The number of carbonyl (C=O) groups is 2. The first-order chi connectivity index (χ1) is 6.92. The molecule has 4 nitrogen and oxygen atoms in total.